The zero-order valence-corrected chi connectivity index (χ0v) is 21.3. The van der Waals surface area contributed by atoms with Crippen LogP contribution in [0.3, 0.4) is 0 Å². The van der Waals surface area contributed by atoms with Gasteiger partial charge in [-0.2, -0.15) is 0 Å². The largest absolute Gasteiger partial charge is 0.481 e. The molecule has 3 aromatic carbocycles. The lowest BCUT2D eigenvalue weighted by Gasteiger charge is -2.33. The molecule has 7 heteroatoms. The lowest BCUT2D eigenvalue weighted by atomic mass is 9.95. The lowest BCUT2D eigenvalue weighted by molar-refractivity contribution is -0.141. The number of amides is 2. The third-order valence-corrected chi connectivity index (χ3v) is 6.51. The Morgan fingerprint density at radius 3 is 2.21 bits per heavy atom. The molecule has 2 amide bonds. The molecule has 0 saturated carbocycles. The van der Waals surface area contributed by atoms with Gasteiger partial charge < -0.3 is 15.7 Å². The summed E-state index contributed by atoms with van der Waals surface area (Å²) in [7, 11) is 0. The molecule has 0 aromatic heterocycles. The third-order valence-electron chi connectivity index (χ3n) is 6.51. The zero-order valence-electron chi connectivity index (χ0n) is 21.3. The number of nitrogens with zero attached hydrogens (tertiary/aromatic N) is 2. The molecule has 1 atom stereocenters. The van der Waals surface area contributed by atoms with E-state index in [-0.39, 0.29) is 19.0 Å². The summed E-state index contributed by atoms with van der Waals surface area (Å²) in [6, 6.07) is 24.1. The topological polar surface area (TPSA) is 104 Å². The first-order valence-electron chi connectivity index (χ1n) is 12.7. The SMILES string of the molecule is CC(CN1CC(=O)N(C(c2ccccc2)c2ccccc2)c2ccc(C#CCCCN)cc2C1=O)C(=O)O. The van der Waals surface area contributed by atoms with E-state index in [0.29, 0.717) is 29.8 Å². The molecule has 3 N–H and O–H groups in total. The molecule has 0 fully saturated rings. The number of fused-ring (bicyclic) bond motifs is 1. The molecule has 1 heterocycles. The van der Waals surface area contributed by atoms with Gasteiger partial charge >= 0.3 is 5.97 Å². The molecule has 194 valence electrons. The average Bonchev–Trinajstić information content (AvgIpc) is 3.02. The average molecular weight is 510 g/mol. The molecule has 0 saturated heterocycles. The Kier molecular flexibility index (Phi) is 8.57. The van der Waals surface area contributed by atoms with Gasteiger partial charge in [-0.1, -0.05) is 79.4 Å². The Bertz CT molecular complexity index is 1320. The second-order valence-corrected chi connectivity index (χ2v) is 9.34. The molecule has 0 bridgehead atoms. The van der Waals surface area contributed by atoms with Gasteiger partial charge in [-0.05, 0) is 42.3 Å². The summed E-state index contributed by atoms with van der Waals surface area (Å²) in [5.41, 5.74) is 8.78. The molecular formula is C31H31N3O4. The van der Waals surface area contributed by atoms with Gasteiger partial charge in [0.15, 0.2) is 0 Å². The number of rotatable bonds is 8. The molecule has 1 aliphatic heterocycles. The van der Waals surface area contributed by atoms with Crippen LogP contribution >= 0.6 is 0 Å². The third kappa shape index (κ3) is 5.93. The minimum atomic E-state index is -1.03. The number of hydrogen-bond acceptors (Lipinski definition) is 4. The van der Waals surface area contributed by atoms with Gasteiger partial charge in [-0.25, -0.2) is 0 Å². The van der Waals surface area contributed by atoms with Crippen molar-refractivity contribution in [3.05, 3.63) is 101 Å². The van der Waals surface area contributed by atoms with E-state index >= 15 is 0 Å². The van der Waals surface area contributed by atoms with Gasteiger partial charge in [0.1, 0.15) is 6.54 Å². The molecule has 0 spiro atoms. The molecule has 1 aliphatic rings. The van der Waals surface area contributed by atoms with Crippen LogP contribution in [0.25, 0.3) is 0 Å². The van der Waals surface area contributed by atoms with Crippen molar-refractivity contribution in [1.29, 1.82) is 0 Å². The van der Waals surface area contributed by atoms with Gasteiger partial charge in [-0.15, -0.1) is 0 Å². The summed E-state index contributed by atoms with van der Waals surface area (Å²) in [5.74, 6) is 3.61. The zero-order chi connectivity index (χ0) is 27.1. The fourth-order valence-electron chi connectivity index (χ4n) is 4.57. The van der Waals surface area contributed by atoms with E-state index in [1.54, 1.807) is 17.0 Å². The van der Waals surface area contributed by atoms with Gasteiger partial charge in [0.05, 0.1) is 23.2 Å². The number of carboxylic acids is 1. The number of unbranched alkanes of at least 4 members (excludes halogenated alkanes) is 1. The number of carbonyl (C=O) groups is 3. The number of hydrogen-bond donors (Lipinski definition) is 2. The predicted octanol–water partition coefficient (Wildman–Crippen LogP) is 4.08. The van der Waals surface area contributed by atoms with Gasteiger partial charge in [0.2, 0.25) is 5.91 Å². The normalized spacial score (nSPS) is 14.0. The van der Waals surface area contributed by atoms with Crippen molar-refractivity contribution >= 4 is 23.5 Å². The van der Waals surface area contributed by atoms with Crippen LogP contribution in [0.4, 0.5) is 5.69 Å². The van der Waals surface area contributed by atoms with Crippen LogP contribution in [0.2, 0.25) is 0 Å². The summed E-state index contributed by atoms with van der Waals surface area (Å²) >= 11 is 0. The quantitative estimate of drug-likeness (QED) is 0.352. The maximum atomic E-state index is 13.9. The van der Waals surface area contributed by atoms with E-state index in [1.807, 2.05) is 66.7 Å². The van der Waals surface area contributed by atoms with Crippen molar-refractivity contribution in [2.75, 3.05) is 24.5 Å². The number of benzene rings is 3. The first-order chi connectivity index (χ1) is 18.4. The van der Waals surface area contributed by atoms with Crippen LogP contribution in [-0.2, 0) is 9.59 Å². The van der Waals surface area contributed by atoms with Crippen molar-refractivity contribution < 1.29 is 19.5 Å². The van der Waals surface area contributed by atoms with E-state index in [2.05, 4.69) is 11.8 Å². The molecule has 3 aromatic rings. The van der Waals surface area contributed by atoms with E-state index in [4.69, 9.17) is 5.73 Å². The van der Waals surface area contributed by atoms with Crippen molar-refractivity contribution in [2.45, 2.75) is 25.8 Å². The van der Waals surface area contributed by atoms with E-state index in [0.717, 1.165) is 17.5 Å². The highest BCUT2D eigenvalue weighted by atomic mass is 16.4. The maximum absolute atomic E-state index is 13.9. The Hall–Kier alpha value is -4.41. The second-order valence-electron chi connectivity index (χ2n) is 9.34. The summed E-state index contributed by atoms with van der Waals surface area (Å²) in [6.45, 7) is 1.75. The fourth-order valence-corrected chi connectivity index (χ4v) is 4.57. The van der Waals surface area contributed by atoms with Gasteiger partial charge in [-0.3, -0.25) is 19.3 Å². The Morgan fingerprint density at radius 1 is 1.00 bits per heavy atom. The van der Waals surface area contributed by atoms with Crippen LogP contribution in [0.15, 0.2) is 78.9 Å². The highest BCUT2D eigenvalue weighted by molar-refractivity contribution is 6.10. The minimum Gasteiger partial charge on any atom is -0.481 e. The fraction of sp³-hybridized carbons (Fsp3) is 0.258. The number of carboxylic acid groups (broad SMARTS) is 1. The highest BCUT2D eigenvalue weighted by Crippen LogP contribution is 2.37. The number of carbonyl (C=O) groups excluding carboxylic acids is 2. The van der Waals surface area contributed by atoms with Crippen LogP contribution in [0.5, 0.6) is 0 Å². The first kappa shape index (κ1) is 26.6. The van der Waals surface area contributed by atoms with E-state index < -0.39 is 23.8 Å². The van der Waals surface area contributed by atoms with E-state index in [1.165, 1.54) is 11.8 Å². The standard InChI is InChI=1S/C31H31N3O4/c1-22(31(37)38)20-33-21-28(35)34(29(24-12-6-2-7-13-24)25-14-8-3-9-15-25)27-17-16-23(11-5-4-10-18-32)19-26(27)30(33)36/h2-3,6-9,12-17,19,22,29H,4,10,18,20-21,32H2,1H3,(H,37,38). The van der Waals surface area contributed by atoms with Gasteiger partial charge in [0.25, 0.3) is 5.91 Å². The molecular weight excluding hydrogens is 478 g/mol. The molecule has 1 unspecified atom stereocenters. The summed E-state index contributed by atoms with van der Waals surface area (Å²) < 4.78 is 0. The van der Waals surface area contributed by atoms with Crippen molar-refractivity contribution in [3.63, 3.8) is 0 Å². The van der Waals surface area contributed by atoms with Gasteiger partial charge in [0, 0.05) is 18.5 Å². The molecule has 38 heavy (non-hydrogen) atoms. The monoisotopic (exact) mass is 509 g/mol. The number of nitrogens with two attached hydrogens (primary N) is 1. The Labute approximate surface area is 222 Å². The van der Waals surface area contributed by atoms with E-state index in [9.17, 15) is 19.5 Å². The molecule has 7 nitrogen and oxygen atoms in total. The molecule has 0 aliphatic carbocycles. The Balaban J connectivity index is 1.87. The number of aliphatic carboxylic acids is 1. The lowest BCUT2D eigenvalue weighted by Crippen LogP contribution is -2.43. The first-order valence-corrected chi connectivity index (χ1v) is 12.7. The molecule has 0 radical (unpaired) electrons. The van der Waals surface area contributed by atoms with Crippen LogP contribution in [0, 0.1) is 17.8 Å². The minimum absolute atomic E-state index is 0.0824. The maximum Gasteiger partial charge on any atom is 0.308 e. The van der Waals surface area contributed by atoms with Crippen molar-refractivity contribution in [3.8, 4) is 11.8 Å². The predicted molar refractivity (Wildman–Crippen MR) is 147 cm³/mol. The van der Waals surface area contributed by atoms with Crippen LogP contribution < -0.4 is 10.6 Å². The second kappa shape index (κ2) is 12.2. The van der Waals surface area contributed by atoms with Crippen molar-refractivity contribution in [2.24, 2.45) is 11.7 Å². The highest BCUT2D eigenvalue weighted by Gasteiger charge is 2.37. The molecule has 4 rings (SSSR count). The number of anilines is 1. The van der Waals surface area contributed by atoms with Crippen molar-refractivity contribution in [1.82, 2.24) is 4.90 Å². The summed E-state index contributed by atoms with van der Waals surface area (Å²) in [5, 5.41) is 9.49. The smallest absolute Gasteiger partial charge is 0.308 e. The van der Waals surface area contributed by atoms with Crippen LogP contribution in [0.1, 0.15) is 52.9 Å². The summed E-state index contributed by atoms with van der Waals surface area (Å²) in [4.78, 5) is 42.3. The Morgan fingerprint density at radius 2 is 1.63 bits per heavy atom. The van der Waals surface area contributed by atoms with Crippen LogP contribution in [-0.4, -0.2) is 47.4 Å². The summed E-state index contributed by atoms with van der Waals surface area (Å²) in [6.07, 6.45) is 1.41.